The smallest absolute Gasteiger partial charge is 0.323 e. The molecule has 1 aromatic carbocycles. The average Bonchev–Trinajstić information content (AvgIpc) is 2.87. The number of piperazine rings is 1. The molecule has 2 aliphatic rings. The average molecular weight is 260 g/mol. The van der Waals surface area contributed by atoms with E-state index in [0.29, 0.717) is 6.61 Å². The molecule has 0 radical (unpaired) electrons. The van der Waals surface area contributed by atoms with Gasteiger partial charge in [0.05, 0.1) is 6.61 Å². The van der Waals surface area contributed by atoms with Crippen LogP contribution in [0.4, 0.5) is 0 Å². The Labute approximate surface area is 113 Å². The summed E-state index contributed by atoms with van der Waals surface area (Å²) in [6.07, 6.45) is 0.859. The Morgan fingerprint density at radius 2 is 1.84 bits per heavy atom. The van der Waals surface area contributed by atoms with Crippen LogP contribution in [0.3, 0.4) is 0 Å². The van der Waals surface area contributed by atoms with Crippen LogP contribution in [0.25, 0.3) is 0 Å². The summed E-state index contributed by atoms with van der Waals surface area (Å²) in [6, 6.07) is 10.6. The standard InChI is InChI=1S/C15H20N2O2/c18-15-14(6-11-19-15)17-9-7-16(8-10-17)12-13-4-2-1-3-5-13/h1-5,14H,6-12H2. The van der Waals surface area contributed by atoms with Crippen LogP contribution in [0.1, 0.15) is 12.0 Å². The SMILES string of the molecule is O=C1OCCC1N1CCN(Cc2ccccc2)CC1. The normalized spacial score (nSPS) is 25.5. The Bertz CT molecular complexity index is 427. The number of rotatable bonds is 3. The highest BCUT2D eigenvalue weighted by Crippen LogP contribution is 2.17. The minimum absolute atomic E-state index is 0.0128. The molecule has 2 fully saturated rings. The highest BCUT2D eigenvalue weighted by Gasteiger charge is 2.33. The van der Waals surface area contributed by atoms with Gasteiger partial charge in [-0.05, 0) is 5.56 Å². The zero-order valence-corrected chi connectivity index (χ0v) is 11.1. The summed E-state index contributed by atoms with van der Waals surface area (Å²) in [7, 11) is 0. The molecule has 2 aliphatic heterocycles. The lowest BCUT2D eigenvalue weighted by atomic mass is 10.1. The van der Waals surface area contributed by atoms with E-state index in [1.165, 1.54) is 5.56 Å². The van der Waals surface area contributed by atoms with Crippen molar-refractivity contribution >= 4 is 5.97 Å². The number of hydrogen-bond acceptors (Lipinski definition) is 4. The maximum atomic E-state index is 11.6. The third kappa shape index (κ3) is 2.96. The summed E-state index contributed by atoms with van der Waals surface area (Å²) in [4.78, 5) is 16.3. The molecule has 0 amide bonds. The molecule has 0 N–H and O–H groups in total. The van der Waals surface area contributed by atoms with Gasteiger partial charge in [-0.1, -0.05) is 30.3 Å². The van der Waals surface area contributed by atoms with Crippen LogP contribution in [0, 0.1) is 0 Å². The topological polar surface area (TPSA) is 32.8 Å². The number of ether oxygens (including phenoxy) is 1. The molecule has 4 heteroatoms. The Morgan fingerprint density at radius 3 is 2.47 bits per heavy atom. The molecular formula is C15H20N2O2. The monoisotopic (exact) mass is 260 g/mol. The van der Waals surface area contributed by atoms with Crippen LogP contribution in [0.15, 0.2) is 30.3 Å². The van der Waals surface area contributed by atoms with Crippen molar-refractivity contribution in [2.24, 2.45) is 0 Å². The molecular weight excluding hydrogens is 240 g/mol. The maximum absolute atomic E-state index is 11.6. The van der Waals surface area contributed by atoms with E-state index in [-0.39, 0.29) is 12.0 Å². The van der Waals surface area contributed by atoms with Gasteiger partial charge < -0.3 is 4.74 Å². The molecule has 0 saturated carbocycles. The first-order valence-electron chi connectivity index (χ1n) is 7.00. The Hall–Kier alpha value is -1.39. The van der Waals surface area contributed by atoms with Crippen molar-refractivity contribution in [1.82, 2.24) is 9.80 Å². The van der Waals surface area contributed by atoms with E-state index in [1.54, 1.807) is 0 Å². The van der Waals surface area contributed by atoms with Crippen molar-refractivity contribution in [1.29, 1.82) is 0 Å². The highest BCUT2D eigenvalue weighted by molar-refractivity contribution is 5.77. The lowest BCUT2D eigenvalue weighted by Gasteiger charge is -2.36. The van der Waals surface area contributed by atoms with E-state index >= 15 is 0 Å². The van der Waals surface area contributed by atoms with Crippen LogP contribution in [0.5, 0.6) is 0 Å². The number of nitrogens with zero attached hydrogens (tertiary/aromatic N) is 2. The van der Waals surface area contributed by atoms with Gasteiger partial charge in [-0.25, -0.2) is 0 Å². The second kappa shape index (κ2) is 5.72. The van der Waals surface area contributed by atoms with Gasteiger partial charge in [-0.3, -0.25) is 14.6 Å². The third-order valence-corrected chi connectivity index (χ3v) is 4.00. The maximum Gasteiger partial charge on any atom is 0.323 e. The van der Waals surface area contributed by atoms with Crippen LogP contribution >= 0.6 is 0 Å². The lowest BCUT2D eigenvalue weighted by Crippen LogP contribution is -2.51. The van der Waals surface area contributed by atoms with E-state index in [9.17, 15) is 4.79 Å². The molecule has 1 aromatic rings. The molecule has 4 nitrogen and oxygen atoms in total. The summed E-state index contributed by atoms with van der Waals surface area (Å²) in [6.45, 7) is 5.58. The van der Waals surface area contributed by atoms with Crippen LogP contribution in [0.2, 0.25) is 0 Å². The number of carbonyl (C=O) groups excluding carboxylic acids is 1. The predicted molar refractivity (Wildman–Crippen MR) is 72.7 cm³/mol. The summed E-state index contributed by atoms with van der Waals surface area (Å²) < 4.78 is 5.05. The van der Waals surface area contributed by atoms with Gasteiger partial charge in [0, 0.05) is 39.1 Å². The van der Waals surface area contributed by atoms with E-state index in [0.717, 1.165) is 39.1 Å². The van der Waals surface area contributed by atoms with Crippen LogP contribution < -0.4 is 0 Å². The number of hydrogen-bond donors (Lipinski definition) is 0. The third-order valence-electron chi connectivity index (χ3n) is 4.00. The van der Waals surface area contributed by atoms with Crippen LogP contribution in [-0.4, -0.2) is 54.6 Å². The van der Waals surface area contributed by atoms with Gasteiger partial charge in [0.2, 0.25) is 0 Å². The summed E-state index contributed by atoms with van der Waals surface area (Å²) in [5, 5.41) is 0. The quantitative estimate of drug-likeness (QED) is 0.763. The molecule has 1 atom stereocenters. The van der Waals surface area contributed by atoms with Crippen molar-refractivity contribution in [2.45, 2.75) is 19.0 Å². The van der Waals surface area contributed by atoms with Crippen molar-refractivity contribution in [2.75, 3.05) is 32.8 Å². The molecule has 0 spiro atoms. The van der Waals surface area contributed by atoms with Crippen molar-refractivity contribution in [3.8, 4) is 0 Å². The van der Waals surface area contributed by atoms with Crippen molar-refractivity contribution < 1.29 is 9.53 Å². The Morgan fingerprint density at radius 1 is 1.11 bits per heavy atom. The summed E-state index contributed by atoms with van der Waals surface area (Å²) in [5.74, 6) is -0.0310. The fraction of sp³-hybridized carbons (Fsp3) is 0.533. The zero-order chi connectivity index (χ0) is 13.1. The minimum atomic E-state index is -0.0310. The van der Waals surface area contributed by atoms with E-state index in [1.807, 2.05) is 6.07 Å². The Balaban J connectivity index is 1.51. The van der Waals surface area contributed by atoms with Gasteiger partial charge >= 0.3 is 5.97 Å². The molecule has 0 bridgehead atoms. The molecule has 2 heterocycles. The second-order valence-electron chi connectivity index (χ2n) is 5.27. The van der Waals surface area contributed by atoms with Gasteiger partial charge in [0.15, 0.2) is 0 Å². The van der Waals surface area contributed by atoms with E-state index in [2.05, 4.69) is 34.1 Å². The molecule has 19 heavy (non-hydrogen) atoms. The molecule has 0 aliphatic carbocycles. The summed E-state index contributed by atoms with van der Waals surface area (Å²) in [5.41, 5.74) is 1.36. The van der Waals surface area contributed by atoms with Gasteiger partial charge in [0.1, 0.15) is 6.04 Å². The molecule has 102 valence electrons. The van der Waals surface area contributed by atoms with E-state index in [4.69, 9.17) is 4.74 Å². The fourth-order valence-electron chi connectivity index (χ4n) is 2.89. The summed E-state index contributed by atoms with van der Waals surface area (Å²) >= 11 is 0. The number of benzene rings is 1. The van der Waals surface area contributed by atoms with Gasteiger partial charge in [-0.15, -0.1) is 0 Å². The second-order valence-corrected chi connectivity index (χ2v) is 5.27. The number of cyclic esters (lactones) is 1. The first-order chi connectivity index (χ1) is 9.33. The minimum Gasteiger partial charge on any atom is -0.464 e. The molecule has 2 saturated heterocycles. The van der Waals surface area contributed by atoms with E-state index < -0.39 is 0 Å². The van der Waals surface area contributed by atoms with Crippen LogP contribution in [-0.2, 0) is 16.1 Å². The molecule has 1 unspecified atom stereocenters. The first-order valence-corrected chi connectivity index (χ1v) is 7.00. The van der Waals surface area contributed by atoms with Gasteiger partial charge in [-0.2, -0.15) is 0 Å². The predicted octanol–water partition coefficient (Wildman–Crippen LogP) is 1.12. The van der Waals surface area contributed by atoms with Crippen molar-refractivity contribution in [3.63, 3.8) is 0 Å². The largest absolute Gasteiger partial charge is 0.464 e. The molecule has 0 aromatic heterocycles. The number of esters is 1. The van der Waals surface area contributed by atoms with Gasteiger partial charge in [0.25, 0.3) is 0 Å². The number of carbonyl (C=O) groups is 1. The zero-order valence-electron chi connectivity index (χ0n) is 11.1. The molecule has 3 rings (SSSR count). The lowest BCUT2D eigenvalue weighted by molar-refractivity contribution is -0.142. The first kappa shape index (κ1) is 12.6. The highest BCUT2D eigenvalue weighted by atomic mass is 16.5. The Kier molecular flexibility index (Phi) is 3.80. The fourth-order valence-corrected chi connectivity index (χ4v) is 2.89. The van der Waals surface area contributed by atoms with Crippen molar-refractivity contribution in [3.05, 3.63) is 35.9 Å².